The molecule has 0 fully saturated rings. The number of hydrogen-bond acceptors (Lipinski definition) is 3. The molecule has 0 saturated carbocycles. The van der Waals surface area contributed by atoms with Crippen LogP contribution < -0.4 is 11.1 Å². The predicted octanol–water partition coefficient (Wildman–Crippen LogP) is 2.27. The van der Waals surface area contributed by atoms with Gasteiger partial charge in [-0.05, 0) is 36.8 Å². The first-order valence-electron chi connectivity index (χ1n) is 6.52. The average Bonchev–Trinajstić information content (AvgIpc) is 2.47. The largest absolute Gasteiger partial charge is 0.409 e. The van der Waals surface area contributed by atoms with E-state index in [4.69, 9.17) is 10.9 Å². The molecule has 0 spiro atoms. The molecule has 5 nitrogen and oxygen atoms in total. The first kappa shape index (κ1) is 14.6. The number of amidine groups is 1. The number of nitrogens with zero attached hydrogens (tertiary/aromatic N) is 1. The molecule has 2 aromatic rings. The number of nitrogens with one attached hydrogen (secondary N) is 1. The van der Waals surface area contributed by atoms with Crippen LogP contribution in [0.25, 0.3) is 0 Å². The van der Waals surface area contributed by atoms with Crippen LogP contribution in [-0.4, -0.2) is 17.0 Å². The first-order valence-corrected chi connectivity index (χ1v) is 6.52. The minimum Gasteiger partial charge on any atom is -0.409 e. The van der Waals surface area contributed by atoms with Gasteiger partial charge in [0.1, 0.15) is 0 Å². The SMILES string of the molecule is Cc1cccc(CC(=O)Nc2ccc(C(N)=NO)cc2)c1. The number of nitrogens with two attached hydrogens (primary N) is 1. The van der Waals surface area contributed by atoms with Crippen molar-refractivity contribution in [1.82, 2.24) is 0 Å². The summed E-state index contributed by atoms with van der Waals surface area (Å²) in [6.45, 7) is 1.99. The molecule has 4 N–H and O–H groups in total. The maximum Gasteiger partial charge on any atom is 0.228 e. The van der Waals surface area contributed by atoms with Crippen molar-refractivity contribution < 1.29 is 10.0 Å². The quantitative estimate of drug-likeness (QED) is 0.348. The lowest BCUT2D eigenvalue weighted by atomic mass is 10.1. The van der Waals surface area contributed by atoms with Crippen molar-refractivity contribution in [3.8, 4) is 0 Å². The molecule has 0 saturated heterocycles. The Labute approximate surface area is 123 Å². The summed E-state index contributed by atoms with van der Waals surface area (Å²) in [5.74, 6) is -0.0511. The van der Waals surface area contributed by atoms with Crippen LogP contribution in [0.15, 0.2) is 53.7 Å². The number of oxime groups is 1. The summed E-state index contributed by atoms with van der Waals surface area (Å²) < 4.78 is 0. The van der Waals surface area contributed by atoms with Crippen molar-refractivity contribution in [2.75, 3.05) is 5.32 Å². The Kier molecular flexibility index (Phi) is 4.56. The van der Waals surface area contributed by atoms with Crippen LogP contribution in [0.1, 0.15) is 16.7 Å². The smallest absolute Gasteiger partial charge is 0.228 e. The second-order valence-corrected chi connectivity index (χ2v) is 4.78. The molecule has 0 aliphatic rings. The van der Waals surface area contributed by atoms with Gasteiger partial charge in [0, 0.05) is 11.3 Å². The fourth-order valence-electron chi connectivity index (χ4n) is 1.99. The fourth-order valence-corrected chi connectivity index (χ4v) is 1.99. The van der Waals surface area contributed by atoms with Crippen LogP contribution >= 0.6 is 0 Å². The van der Waals surface area contributed by atoms with Crippen LogP contribution in [-0.2, 0) is 11.2 Å². The Morgan fingerprint density at radius 2 is 1.95 bits per heavy atom. The highest BCUT2D eigenvalue weighted by atomic mass is 16.4. The zero-order chi connectivity index (χ0) is 15.2. The molecule has 0 aromatic heterocycles. The molecule has 108 valence electrons. The van der Waals surface area contributed by atoms with Crippen LogP contribution in [0, 0.1) is 6.92 Å². The number of hydrogen-bond donors (Lipinski definition) is 3. The molecule has 2 aromatic carbocycles. The lowest BCUT2D eigenvalue weighted by Crippen LogP contribution is -2.15. The summed E-state index contributed by atoms with van der Waals surface area (Å²) in [7, 11) is 0. The van der Waals surface area contributed by atoms with E-state index in [1.54, 1.807) is 24.3 Å². The van der Waals surface area contributed by atoms with Gasteiger partial charge in [-0.3, -0.25) is 4.79 Å². The first-order chi connectivity index (χ1) is 10.1. The molecule has 5 heteroatoms. The number of carbonyl (C=O) groups is 1. The van der Waals surface area contributed by atoms with E-state index in [0.717, 1.165) is 11.1 Å². The molecule has 0 aliphatic carbocycles. The zero-order valence-electron chi connectivity index (χ0n) is 11.7. The third kappa shape index (κ3) is 4.07. The highest BCUT2D eigenvalue weighted by molar-refractivity contribution is 5.98. The van der Waals surface area contributed by atoms with E-state index >= 15 is 0 Å². The van der Waals surface area contributed by atoms with Crippen LogP contribution in [0.2, 0.25) is 0 Å². The van der Waals surface area contributed by atoms with Gasteiger partial charge in [0.25, 0.3) is 0 Å². The van der Waals surface area contributed by atoms with Crippen molar-refractivity contribution in [2.45, 2.75) is 13.3 Å². The second-order valence-electron chi connectivity index (χ2n) is 4.78. The third-order valence-corrected chi connectivity index (χ3v) is 3.02. The van der Waals surface area contributed by atoms with Crippen LogP contribution in [0.3, 0.4) is 0 Å². The molecule has 0 unspecified atom stereocenters. The summed E-state index contributed by atoms with van der Waals surface area (Å²) in [5.41, 5.74) is 8.84. The summed E-state index contributed by atoms with van der Waals surface area (Å²) in [6.07, 6.45) is 0.323. The van der Waals surface area contributed by atoms with Gasteiger partial charge in [0.15, 0.2) is 5.84 Å². The molecular weight excluding hydrogens is 266 g/mol. The molecule has 2 rings (SSSR count). The normalized spacial score (nSPS) is 11.2. The van der Waals surface area contributed by atoms with E-state index in [2.05, 4.69) is 10.5 Å². The molecule has 0 atom stereocenters. The van der Waals surface area contributed by atoms with Crippen molar-refractivity contribution >= 4 is 17.4 Å². The standard InChI is InChI=1S/C16H17N3O2/c1-11-3-2-4-12(9-11)10-15(20)18-14-7-5-13(6-8-14)16(17)19-21/h2-9,21H,10H2,1H3,(H2,17,19)(H,18,20). The Morgan fingerprint density at radius 1 is 1.24 bits per heavy atom. The van der Waals surface area contributed by atoms with Gasteiger partial charge in [-0.25, -0.2) is 0 Å². The Hall–Kier alpha value is -2.82. The van der Waals surface area contributed by atoms with Crippen LogP contribution in [0.5, 0.6) is 0 Å². The van der Waals surface area contributed by atoms with E-state index in [1.165, 1.54) is 0 Å². The summed E-state index contributed by atoms with van der Waals surface area (Å²) >= 11 is 0. The highest BCUT2D eigenvalue weighted by Crippen LogP contribution is 2.11. The molecule has 21 heavy (non-hydrogen) atoms. The van der Waals surface area contributed by atoms with Crippen molar-refractivity contribution in [3.63, 3.8) is 0 Å². The van der Waals surface area contributed by atoms with E-state index in [9.17, 15) is 4.79 Å². The van der Waals surface area contributed by atoms with E-state index in [-0.39, 0.29) is 11.7 Å². The van der Waals surface area contributed by atoms with Gasteiger partial charge in [-0.1, -0.05) is 35.0 Å². The number of anilines is 1. The molecule has 0 heterocycles. The fraction of sp³-hybridized carbons (Fsp3) is 0.125. The van der Waals surface area contributed by atoms with Crippen molar-refractivity contribution in [3.05, 3.63) is 65.2 Å². The van der Waals surface area contributed by atoms with Gasteiger partial charge >= 0.3 is 0 Å². The molecular formula is C16H17N3O2. The minimum atomic E-state index is -0.0860. The lowest BCUT2D eigenvalue weighted by Gasteiger charge is -2.07. The number of benzene rings is 2. The molecule has 0 aliphatic heterocycles. The molecule has 0 bridgehead atoms. The predicted molar refractivity (Wildman–Crippen MR) is 82.5 cm³/mol. The number of amides is 1. The zero-order valence-corrected chi connectivity index (χ0v) is 11.7. The Morgan fingerprint density at radius 3 is 2.57 bits per heavy atom. The summed E-state index contributed by atoms with van der Waals surface area (Å²) in [4.78, 5) is 12.0. The van der Waals surface area contributed by atoms with Crippen molar-refractivity contribution in [2.24, 2.45) is 10.9 Å². The van der Waals surface area contributed by atoms with Gasteiger partial charge in [-0.2, -0.15) is 0 Å². The van der Waals surface area contributed by atoms with E-state index in [1.807, 2.05) is 31.2 Å². The van der Waals surface area contributed by atoms with Gasteiger partial charge in [-0.15, -0.1) is 0 Å². The third-order valence-electron chi connectivity index (χ3n) is 3.02. The minimum absolute atomic E-state index is 0.0348. The number of aryl methyl sites for hydroxylation is 1. The Bertz CT molecular complexity index is 663. The monoisotopic (exact) mass is 283 g/mol. The van der Waals surface area contributed by atoms with E-state index < -0.39 is 0 Å². The van der Waals surface area contributed by atoms with Gasteiger partial charge < -0.3 is 16.3 Å². The summed E-state index contributed by atoms with van der Waals surface area (Å²) in [6, 6.07) is 14.6. The van der Waals surface area contributed by atoms with Crippen LogP contribution in [0.4, 0.5) is 5.69 Å². The van der Waals surface area contributed by atoms with Gasteiger partial charge in [0.2, 0.25) is 5.91 Å². The van der Waals surface area contributed by atoms with Crippen molar-refractivity contribution in [1.29, 1.82) is 0 Å². The number of carbonyl (C=O) groups excluding carboxylic acids is 1. The maximum absolute atomic E-state index is 12.0. The lowest BCUT2D eigenvalue weighted by molar-refractivity contribution is -0.115. The topological polar surface area (TPSA) is 87.7 Å². The Balaban J connectivity index is 2.00. The average molecular weight is 283 g/mol. The summed E-state index contributed by atoms with van der Waals surface area (Å²) in [5, 5.41) is 14.3. The van der Waals surface area contributed by atoms with E-state index in [0.29, 0.717) is 17.7 Å². The highest BCUT2D eigenvalue weighted by Gasteiger charge is 2.05. The number of rotatable bonds is 4. The van der Waals surface area contributed by atoms with Gasteiger partial charge in [0.05, 0.1) is 6.42 Å². The molecule has 0 radical (unpaired) electrons. The second kappa shape index (κ2) is 6.56. The molecule has 1 amide bonds. The maximum atomic E-state index is 12.0.